The average molecular weight is 331 g/mol. The maximum absolute atomic E-state index is 12.2. The maximum Gasteiger partial charge on any atom is 0.245 e. The fourth-order valence-corrected chi connectivity index (χ4v) is 3.52. The van der Waals surface area contributed by atoms with Gasteiger partial charge in [0.25, 0.3) is 0 Å². The number of hydrogen-bond acceptors (Lipinski definition) is 3. The predicted octanol–water partition coefficient (Wildman–Crippen LogP) is 2.14. The minimum Gasteiger partial charge on any atom is -0.343 e. The number of carbonyl (C=O) groups is 2. The second kappa shape index (κ2) is 5.84. The maximum atomic E-state index is 12.2. The summed E-state index contributed by atoms with van der Waals surface area (Å²) in [6.07, 6.45) is 1.59. The molecular formula is C12H15BrN2O2S. The molecule has 0 aromatic carbocycles. The number of amides is 2. The molecule has 4 nitrogen and oxygen atoms in total. The number of rotatable bonds is 4. The van der Waals surface area contributed by atoms with Crippen LogP contribution in [-0.2, 0) is 16.1 Å². The van der Waals surface area contributed by atoms with Gasteiger partial charge < -0.3 is 10.2 Å². The minimum absolute atomic E-state index is 0.0287. The van der Waals surface area contributed by atoms with Crippen LogP contribution in [0.3, 0.4) is 0 Å². The summed E-state index contributed by atoms with van der Waals surface area (Å²) in [5, 5.41) is 2.75. The second-order valence-corrected chi connectivity index (χ2v) is 6.86. The third kappa shape index (κ3) is 3.11. The first-order valence-corrected chi connectivity index (χ1v) is 7.53. The molecular weight excluding hydrogens is 316 g/mol. The molecule has 18 heavy (non-hydrogen) atoms. The van der Waals surface area contributed by atoms with Crippen LogP contribution >= 0.6 is 27.3 Å². The molecule has 1 fully saturated rings. The van der Waals surface area contributed by atoms with Crippen molar-refractivity contribution < 1.29 is 9.59 Å². The normalized spacial score (nSPS) is 20.1. The summed E-state index contributed by atoms with van der Waals surface area (Å²) in [6, 6.07) is 3.58. The third-order valence-corrected chi connectivity index (χ3v) is 4.44. The number of thiophene rings is 1. The van der Waals surface area contributed by atoms with Crippen LogP contribution in [-0.4, -0.2) is 29.3 Å². The smallest absolute Gasteiger partial charge is 0.245 e. The Hall–Kier alpha value is -0.880. The van der Waals surface area contributed by atoms with Crippen molar-refractivity contribution in [3.63, 3.8) is 0 Å². The van der Waals surface area contributed by atoms with Crippen molar-refractivity contribution >= 4 is 39.1 Å². The molecule has 0 spiro atoms. The van der Waals surface area contributed by atoms with E-state index in [9.17, 15) is 9.59 Å². The van der Waals surface area contributed by atoms with Gasteiger partial charge in [-0.25, -0.2) is 0 Å². The molecule has 1 N–H and O–H groups in total. The van der Waals surface area contributed by atoms with E-state index in [1.807, 2.05) is 19.1 Å². The summed E-state index contributed by atoms with van der Waals surface area (Å²) in [7, 11) is 0. The number of halogens is 1. The molecule has 2 rings (SSSR count). The molecule has 1 aromatic heterocycles. The van der Waals surface area contributed by atoms with Gasteiger partial charge in [-0.1, -0.05) is 13.3 Å². The van der Waals surface area contributed by atoms with Gasteiger partial charge in [0.1, 0.15) is 6.04 Å². The summed E-state index contributed by atoms with van der Waals surface area (Å²) >= 11 is 4.99. The van der Waals surface area contributed by atoms with E-state index in [2.05, 4.69) is 21.2 Å². The standard InChI is InChI=1S/C12H15BrN2O2S/c1-2-3-9-12(17)15(7-11(16)14-9)6-8-4-5-10(13)18-8/h4-5,9H,2-3,6-7H2,1H3,(H,14,16). The summed E-state index contributed by atoms with van der Waals surface area (Å²) < 4.78 is 1.04. The van der Waals surface area contributed by atoms with E-state index in [0.29, 0.717) is 13.0 Å². The Balaban J connectivity index is 2.06. The topological polar surface area (TPSA) is 49.4 Å². The van der Waals surface area contributed by atoms with E-state index in [1.165, 1.54) is 0 Å². The molecule has 0 aliphatic carbocycles. The van der Waals surface area contributed by atoms with Gasteiger partial charge in [0.15, 0.2) is 0 Å². The zero-order chi connectivity index (χ0) is 13.1. The molecule has 0 saturated carbocycles. The van der Waals surface area contributed by atoms with Crippen molar-refractivity contribution in [1.29, 1.82) is 0 Å². The Labute approximate surface area is 118 Å². The van der Waals surface area contributed by atoms with Crippen molar-refractivity contribution in [3.05, 3.63) is 20.8 Å². The summed E-state index contributed by atoms with van der Waals surface area (Å²) in [5.74, 6) is -0.0374. The lowest BCUT2D eigenvalue weighted by molar-refractivity contribution is -0.145. The lowest BCUT2D eigenvalue weighted by Crippen LogP contribution is -2.57. The molecule has 1 saturated heterocycles. The minimum atomic E-state index is -0.348. The Morgan fingerprint density at radius 1 is 1.50 bits per heavy atom. The number of piperazine rings is 1. The molecule has 2 heterocycles. The van der Waals surface area contributed by atoms with Crippen LogP contribution in [0.1, 0.15) is 24.6 Å². The van der Waals surface area contributed by atoms with Crippen molar-refractivity contribution in [2.24, 2.45) is 0 Å². The fraction of sp³-hybridized carbons (Fsp3) is 0.500. The molecule has 1 aromatic rings. The SMILES string of the molecule is CCCC1NC(=O)CN(Cc2ccc(Br)s2)C1=O. The van der Waals surface area contributed by atoms with Gasteiger partial charge in [-0.2, -0.15) is 0 Å². The zero-order valence-electron chi connectivity index (χ0n) is 10.1. The number of nitrogens with zero attached hydrogens (tertiary/aromatic N) is 1. The van der Waals surface area contributed by atoms with Gasteiger partial charge in [0, 0.05) is 4.88 Å². The van der Waals surface area contributed by atoms with Gasteiger partial charge in [-0.05, 0) is 34.5 Å². The first kappa shape index (κ1) is 13.5. The molecule has 2 amide bonds. The van der Waals surface area contributed by atoms with Crippen molar-refractivity contribution in [1.82, 2.24) is 10.2 Å². The number of hydrogen-bond donors (Lipinski definition) is 1. The van der Waals surface area contributed by atoms with Crippen LogP contribution in [0, 0.1) is 0 Å². The average Bonchev–Trinajstić information content (AvgIpc) is 2.71. The van der Waals surface area contributed by atoms with Gasteiger partial charge in [-0.15, -0.1) is 11.3 Å². The Morgan fingerprint density at radius 2 is 2.28 bits per heavy atom. The zero-order valence-corrected chi connectivity index (χ0v) is 12.5. The van der Waals surface area contributed by atoms with E-state index >= 15 is 0 Å². The van der Waals surface area contributed by atoms with E-state index in [0.717, 1.165) is 15.1 Å². The fourth-order valence-electron chi connectivity index (χ4n) is 2.02. The van der Waals surface area contributed by atoms with E-state index in [1.54, 1.807) is 16.2 Å². The molecule has 98 valence electrons. The highest BCUT2D eigenvalue weighted by Crippen LogP contribution is 2.24. The first-order valence-electron chi connectivity index (χ1n) is 5.92. The van der Waals surface area contributed by atoms with Crippen LogP contribution in [0.2, 0.25) is 0 Å². The second-order valence-electron chi connectivity index (χ2n) is 4.31. The molecule has 1 atom stereocenters. The van der Waals surface area contributed by atoms with E-state index < -0.39 is 0 Å². The van der Waals surface area contributed by atoms with Gasteiger partial charge in [0.2, 0.25) is 11.8 Å². The molecule has 6 heteroatoms. The van der Waals surface area contributed by atoms with Gasteiger partial charge in [0.05, 0.1) is 16.9 Å². The van der Waals surface area contributed by atoms with Crippen molar-refractivity contribution in [2.75, 3.05) is 6.54 Å². The molecule has 1 aliphatic heterocycles. The molecule has 1 aliphatic rings. The van der Waals surface area contributed by atoms with E-state index in [-0.39, 0.29) is 24.4 Å². The largest absolute Gasteiger partial charge is 0.343 e. The van der Waals surface area contributed by atoms with E-state index in [4.69, 9.17) is 0 Å². The molecule has 1 unspecified atom stereocenters. The van der Waals surface area contributed by atoms with Crippen LogP contribution in [0.15, 0.2) is 15.9 Å². The lowest BCUT2D eigenvalue weighted by atomic mass is 10.1. The van der Waals surface area contributed by atoms with Gasteiger partial charge in [-0.3, -0.25) is 9.59 Å². The van der Waals surface area contributed by atoms with Crippen LogP contribution in [0.25, 0.3) is 0 Å². The highest BCUT2D eigenvalue weighted by molar-refractivity contribution is 9.11. The van der Waals surface area contributed by atoms with Crippen LogP contribution in [0.4, 0.5) is 0 Å². The van der Waals surface area contributed by atoms with Gasteiger partial charge >= 0.3 is 0 Å². The molecule has 0 bridgehead atoms. The number of carbonyl (C=O) groups excluding carboxylic acids is 2. The summed E-state index contributed by atoms with van der Waals surface area (Å²) in [6.45, 7) is 2.69. The van der Waals surface area contributed by atoms with Crippen LogP contribution < -0.4 is 5.32 Å². The lowest BCUT2D eigenvalue weighted by Gasteiger charge is -2.32. The Morgan fingerprint density at radius 3 is 2.89 bits per heavy atom. The highest BCUT2D eigenvalue weighted by Gasteiger charge is 2.31. The quantitative estimate of drug-likeness (QED) is 0.919. The highest BCUT2D eigenvalue weighted by atomic mass is 79.9. The van der Waals surface area contributed by atoms with Crippen LogP contribution in [0.5, 0.6) is 0 Å². The Kier molecular flexibility index (Phi) is 4.40. The molecule has 0 radical (unpaired) electrons. The number of nitrogens with one attached hydrogen (secondary N) is 1. The first-order chi connectivity index (χ1) is 8.60. The Bertz CT molecular complexity index is 461. The third-order valence-electron chi connectivity index (χ3n) is 2.83. The van der Waals surface area contributed by atoms with Crippen molar-refractivity contribution in [3.8, 4) is 0 Å². The monoisotopic (exact) mass is 330 g/mol. The summed E-state index contributed by atoms with van der Waals surface area (Å²) in [4.78, 5) is 26.5. The predicted molar refractivity (Wildman–Crippen MR) is 74.3 cm³/mol. The van der Waals surface area contributed by atoms with Crippen molar-refractivity contribution in [2.45, 2.75) is 32.4 Å². The summed E-state index contributed by atoms with van der Waals surface area (Å²) in [5.41, 5.74) is 0.